The molecule has 0 N–H and O–H groups in total. The van der Waals surface area contributed by atoms with E-state index in [1.54, 1.807) is 5.56 Å². The van der Waals surface area contributed by atoms with Gasteiger partial charge in [0.05, 0.1) is 0 Å². The summed E-state index contributed by atoms with van der Waals surface area (Å²) in [6, 6.07) is 20.5. The second kappa shape index (κ2) is 7.31. The fourth-order valence-electron chi connectivity index (χ4n) is 5.12. The third-order valence-corrected chi connectivity index (χ3v) is 7.22. The molecule has 2 heteroatoms. The van der Waals surface area contributed by atoms with E-state index in [0.29, 0.717) is 5.41 Å². The molecule has 0 atom stereocenters. The van der Waals surface area contributed by atoms with Crippen molar-refractivity contribution in [3.05, 3.63) is 65.7 Å². The lowest BCUT2D eigenvalue weighted by Crippen LogP contribution is -2.42. The quantitative estimate of drug-likeness (QED) is 0.732. The van der Waals surface area contributed by atoms with Crippen molar-refractivity contribution >= 4 is 5.69 Å². The molecule has 2 nitrogen and oxygen atoms in total. The number of anilines is 1. The van der Waals surface area contributed by atoms with E-state index in [2.05, 4.69) is 64.4 Å². The van der Waals surface area contributed by atoms with Crippen LogP contribution in [0.4, 0.5) is 5.69 Å². The zero-order chi connectivity index (χ0) is 18.1. The van der Waals surface area contributed by atoms with Crippen molar-refractivity contribution in [1.82, 2.24) is 4.90 Å². The summed E-state index contributed by atoms with van der Waals surface area (Å²) in [5.74, 6) is 0.865. The lowest BCUT2D eigenvalue weighted by atomic mass is 9.77. The lowest BCUT2D eigenvalue weighted by Gasteiger charge is -2.39. The molecule has 0 unspecified atom stereocenters. The highest BCUT2D eigenvalue weighted by atomic mass is 15.2. The molecule has 2 aromatic carbocycles. The van der Waals surface area contributed by atoms with E-state index in [0.717, 1.165) is 5.92 Å². The van der Waals surface area contributed by atoms with Crippen LogP contribution in [0, 0.1) is 5.41 Å². The first-order valence-electron chi connectivity index (χ1n) is 10.9. The highest BCUT2D eigenvalue weighted by molar-refractivity contribution is 5.50. The Morgan fingerprint density at radius 3 is 2.22 bits per heavy atom. The molecule has 1 spiro atoms. The SMILES string of the molecule is c1ccc(CCN2CCC3(CC2)CCN(c2ccc(C4CC4)cc2)C3)cc1. The molecular weight excluding hydrogens is 328 g/mol. The van der Waals surface area contributed by atoms with E-state index in [9.17, 15) is 0 Å². The second-order valence-electron chi connectivity index (χ2n) is 9.11. The van der Waals surface area contributed by atoms with Crippen LogP contribution in [0.3, 0.4) is 0 Å². The molecule has 2 heterocycles. The molecule has 3 fully saturated rings. The first-order chi connectivity index (χ1) is 13.3. The molecule has 2 aliphatic heterocycles. The topological polar surface area (TPSA) is 6.48 Å². The first-order valence-corrected chi connectivity index (χ1v) is 10.9. The van der Waals surface area contributed by atoms with E-state index in [4.69, 9.17) is 0 Å². The molecule has 1 saturated carbocycles. The van der Waals surface area contributed by atoms with Crippen LogP contribution < -0.4 is 4.90 Å². The summed E-state index contributed by atoms with van der Waals surface area (Å²) in [5.41, 5.74) is 5.04. The van der Waals surface area contributed by atoms with Gasteiger partial charge >= 0.3 is 0 Å². The second-order valence-corrected chi connectivity index (χ2v) is 9.11. The van der Waals surface area contributed by atoms with Crippen molar-refractivity contribution in [2.24, 2.45) is 5.41 Å². The molecular formula is C25H32N2. The van der Waals surface area contributed by atoms with E-state index < -0.39 is 0 Å². The predicted molar refractivity (Wildman–Crippen MR) is 114 cm³/mol. The van der Waals surface area contributed by atoms with E-state index >= 15 is 0 Å². The summed E-state index contributed by atoms with van der Waals surface area (Å²) in [4.78, 5) is 5.33. The summed E-state index contributed by atoms with van der Waals surface area (Å²) in [6.45, 7) is 6.28. The van der Waals surface area contributed by atoms with Gasteiger partial charge < -0.3 is 9.80 Å². The molecule has 2 aromatic rings. The Hall–Kier alpha value is -1.80. The zero-order valence-electron chi connectivity index (χ0n) is 16.4. The average molecular weight is 361 g/mol. The Balaban J connectivity index is 1.13. The van der Waals surface area contributed by atoms with Crippen LogP contribution in [0.5, 0.6) is 0 Å². The summed E-state index contributed by atoms with van der Waals surface area (Å²) >= 11 is 0. The molecule has 0 radical (unpaired) electrons. The molecule has 27 heavy (non-hydrogen) atoms. The van der Waals surface area contributed by atoms with Gasteiger partial charge in [-0.05, 0) is 86.2 Å². The summed E-state index contributed by atoms with van der Waals surface area (Å²) in [6.07, 6.45) is 8.11. The molecule has 0 aromatic heterocycles. The van der Waals surface area contributed by atoms with Crippen LogP contribution in [-0.2, 0) is 6.42 Å². The first kappa shape index (κ1) is 17.3. The van der Waals surface area contributed by atoms with Crippen molar-refractivity contribution < 1.29 is 0 Å². The Morgan fingerprint density at radius 2 is 1.52 bits per heavy atom. The van der Waals surface area contributed by atoms with Gasteiger partial charge in [0.25, 0.3) is 0 Å². The Labute approximate surface area is 164 Å². The number of benzene rings is 2. The average Bonchev–Trinajstić information content (AvgIpc) is 3.50. The number of piperidine rings is 1. The fourth-order valence-corrected chi connectivity index (χ4v) is 5.12. The Morgan fingerprint density at radius 1 is 0.815 bits per heavy atom. The standard InChI is InChI=1S/C25H32N2/c1-2-4-21(5-3-1)12-16-26-17-13-25(14-18-26)15-19-27(20-25)24-10-8-23(9-11-24)22-6-7-22/h1-5,8-11,22H,6-7,12-20H2. The third kappa shape index (κ3) is 3.91. The van der Waals surface area contributed by atoms with Gasteiger partial charge in [-0.15, -0.1) is 0 Å². The molecule has 1 aliphatic carbocycles. The molecule has 0 amide bonds. The minimum Gasteiger partial charge on any atom is -0.371 e. The lowest BCUT2D eigenvalue weighted by molar-refractivity contribution is 0.121. The highest BCUT2D eigenvalue weighted by Gasteiger charge is 2.40. The molecule has 3 aliphatic rings. The highest BCUT2D eigenvalue weighted by Crippen LogP contribution is 2.43. The maximum Gasteiger partial charge on any atom is 0.0366 e. The summed E-state index contributed by atoms with van der Waals surface area (Å²) in [5, 5.41) is 0. The van der Waals surface area contributed by atoms with Gasteiger partial charge in [-0.2, -0.15) is 0 Å². The summed E-state index contributed by atoms with van der Waals surface area (Å²) < 4.78 is 0. The third-order valence-electron chi connectivity index (χ3n) is 7.22. The minimum absolute atomic E-state index is 0.568. The molecule has 0 bridgehead atoms. The predicted octanol–water partition coefficient (Wildman–Crippen LogP) is 5.10. The van der Waals surface area contributed by atoms with Crippen molar-refractivity contribution in [1.29, 1.82) is 0 Å². The van der Waals surface area contributed by atoms with Crippen molar-refractivity contribution in [3.8, 4) is 0 Å². The number of hydrogen-bond donors (Lipinski definition) is 0. The molecule has 2 saturated heterocycles. The van der Waals surface area contributed by atoms with Crippen LogP contribution in [0.1, 0.15) is 49.1 Å². The van der Waals surface area contributed by atoms with E-state index in [1.807, 2.05) is 0 Å². The maximum atomic E-state index is 2.69. The van der Waals surface area contributed by atoms with Gasteiger partial charge in [0.2, 0.25) is 0 Å². The van der Waals surface area contributed by atoms with Crippen LogP contribution in [-0.4, -0.2) is 37.6 Å². The number of nitrogens with zero attached hydrogens (tertiary/aromatic N) is 2. The number of likely N-dealkylation sites (tertiary alicyclic amines) is 1. The van der Waals surface area contributed by atoms with Gasteiger partial charge in [-0.1, -0.05) is 42.5 Å². The van der Waals surface area contributed by atoms with Crippen molar-refractivity contribution in [3.63, 3.8) is 0 Å². The monoisotopic (exact) mass is 360 g/mol. The van der Waals surface area contributed by atoms with Crippen LogP contribution in [0.25, 0.3) is 0 Å². The van der Waals surface area contributed by atoms with Crippen LogP contribution in [0.2, 0.25) is 0 Å². The number of rotatable bonds is 5. The normalized spacial score (nSPS) is 22.4. The smallest absolute Gasteiger partial charge is 0.0366 e. The van der Waals surface area contributed by atoms with E-state index in [1.165, 1.54) is 82.5 Å². The number of hydrogen-bond acceptors (Lipinski definition) is 2. The van der Waals surface area contributed by atoms with E-state index in [-0.39, 0.29) is 0 Å². The van der Waals surface area contributed by atoms with Crippen LogP contribution >= 0.6 is 0 Å². The van der Waals surface area contributed by atoms with Gasteiger partial charge in [0, 0.05) is 25.3 Å². The Bertz CT molecular complexity index is 740. The minimum atomic E-state index is 0.568. The van der Waals surface area contributed by atoms with Gasteiger partial charge in [-0.3, -0.25) is 0 Å². The van der Waals surface area contributed by atoms with Gasteiger partial charge in [-0.25, -0.2) is 0 Å². The summed E-state index contributed by atoms with van der Waals surface area (Å²) in [7, 11) is 0. The Kier molecular flexibility index (Phi) is 4.69. The molecule has 5 rings (SSSR count). The van der Waals surface area contributed by atoms with Crippen LogP contribution in [0.15, 0.2) is 54.6 Å². The maximum absolute atomic E-state index is 2.69. The largest absolute Gasteiger partial charge is 0.371 e. The van der Waals surface area contributed by atoms with Crippen molar-refractivity contribution in [2.75, 3.05) is 37.6 Å². The van der Waals surface area contributed by atoms with Crippen molar-refractivity contribution in [2.45, 2.75) is 44.4 Å². The molecule has 142 valence electrons. The fraction of sp³-hybridized carbons (Fsp3) is 0.520. The van der Waals surface area contributed by atoms with Gasteiger partial charge in [0.1, 0.15) is 0 Å². The van der Waals surface area contributed by atoms with Gasteiger partial charge in [0.15, 0.2) is 0 Å². The zero-order valence-corrected chi connectivity index (χ0v) is 16.4.